The molecule has 0 fully saturated rings. The second-order valence-electron chi connectivity index (χ2n) is 3.40. The third kappa shape index (κ3) is 5.01. The lowest BCUT2D eigenvalue weighted by atomic mass is 10.2. The van der Waals surface area contributed by atoms with Crippen LogP contribution in [0, 0.1) is 0 Å². The van der Waals surface area contributed by atoms with Crippen molar-refractivity contribution in [1.29, 1.82) is 0 Å². The average Bonchev–Trinajstić information content (AvgIpc) is 2.31. The molecule has 0 aliphatic rings. The SMILES string of the molecule is NC(N)=NOCCNC(=O)Cc1ccc[nH]c1=O. The summed E-state index contributed by atoms with van der Waals surface area (Å²) >= 11 is 0. The van der Waals surface area contributed by atoms with Gasteiger partial charge in [0.2, 0.25) is 11.9 Å². The fourth-order valence-corrected chi connectivity index (χ4v) is 1.19. The maximum atomic E-state index is 11.5. The number of nitrogens with one attached hydrogen (secondary N) is 2. The molecule has 1 amide bonds. The van der Waals surface area contributed by atoms with E-state index >= 15 is 0 Å². The summed E-state index contributed by atoms with van der Waals surface area (Å²) in [4.78, 5) is 29.9. The van der Waals surface area contributed by atoms with Gasteiger partial charge in [-0.3, -0.25) is 9.59 Å². The Balaban J connectivity index is 2.28. The number of oxime groups is 1. The highest BCUT2D eigenvalue weighted by Crippen LogP contribution is 1.90. The Morgan fingerprint density at radius 3 is 2.94 bits per heavy atom. The number of aromatic amines is 1. The zero-order valence-corrected chi connectivity index (χ0v) is 9.68. The molecule has 1 heterocycles. The molecule has 0 aliphatic heterocycles. The molecule has 0 saturated heterocycles. The van der Waals surface area contributed by atoms with E-state index in [2.05, 4.69) is 20.3 Å². The minimum absolute atomic E-state index is 0.0124. The maximum absolute atomic E-state index is 11.5. The number of H-pyrrole nitrogens is 1. The van der Waals surface area contributed by atoms with Crippen molar-refractivity contribution in [2.24, 2.45) is 16.6 Å². The smallest absolute Gasteiger partial charge is 0.251 e. The molecule has 1 rings (SSSR count). The second-order valence-corrected chi connectivity index (χ2v) is 3.40. The van der Waals surface area contributed by atoms with Gasteiger partial charge in [0.1, 0.15) is 6.61 Å². The van der Waals surface area contributed by atoms with Gasteiger partial charge in [0, 0.05) is 11.8 Å². The first kappa shape index (κ1) is 13.6. The fourth-order valence-electron chi connectivity index (χ4n) is 1.19. The summed E-state index contributed by atoms with van der Waals surface area (Å²) in [6.45, 7) is 0.398. The zero-order chi connectivity index (χ0) is 13.4. The van der Waals surface area contributed by atoms with Crippen LogP contribution in [0.5, 0.6) is 0 Å². The van der Waals surface area contributed by atoms with Gasteiger partial charge < -0.3 is 26.6 Å². The molecular weight excluding hydrogens is 238 g/mol. The molecule has 0 atom stereocenters. The number of rotatable bonds is 6. The van der Waals surface area contributed by atoms with E-state index in [0.717, 1.165) is 0 Å². The molecule has 0 saturated carbocycles. The van der Waals surface area contributed by atoms with Gasteiger partial charge in [0.05, 0.1) is 13.0 Å². The Morgan fingerprint density at radius 1 is 1.50 bits per heavy atom. The maximum Gasteiger partial charge on any atom is 0.251 e. The molecule has 18 heavy (non-hydrogen) atoms. The quantitative estimate of drug-likeness (QED) is 0.206. The lowest BCUT2D eigenvalue weighted by Gasteiger charge is -2.04. The summed E-state index contributed by atoms with van der Waals surface area (Å²) in [6.07, 6.45) is 1.52. The number of hydrogen-bond donors (Lipinski definition) is 4. The van der Waals surface area contributed by atoms with Crippen LogP contribution in [0.25, 0.3) is 0 Å². The van der Waals surface area contributed by atoms with Crippen molar-refractivity contribution in [2.45, 2.75) is 6.42 Å². The third-order valence-corrected chi connectivity index (χ3v) is 1.94. The van der Waals surface area contributed by atoms with Crippen molar-refractivity contribution in [3.63, 3.8) is 0 Å². The predicted molar refractivity (Wildman–Crippen MR) is 65.5 cm³/mol. The number of carbonyl (C=O) groups excluding carboxylic acids is 1. The van der Waals surface area contributed by atoms with Crippen molar-refractivity contribution in [3.8, 4) is 0 Å². The number of hydrogen-bond acceptors (Lipinski definition) is 4. The molecule has 0 bridgehead atoms. The highest BCUT2D eigenvalue weighted by Gasteiger charge is 2.05. The third-order valence-electron chi connectivity index (χ3n) is 1.94. The minimum Gasteiger partial charge on any atom is -0.391 e. The van der Waals surface area contributed by atoms with Crippen LogP contribution >= 0.6 is 0 Å². The van der Waals surface area contributed by atoms with Gasteiger partial charge in [-0.15, -0.1) is 0 Å². The summed E-state index contributed by atoms with van der Waals surface area (Å²) in [6, 6.07) is 3.25. The van der Waals surface area contributed by atoms with E-state index in [1.807, 2.05) is 0 Å². The number of amides is 1. The number of nitrogens with zero attached hydrogens (tertiary/aromatic N) is 1. The van der Waals surface area contributed by atoms with Gasteiger partial charge in [0.15, 0.2) is 0 Å². The van der Waals surface area contributed by atoms with Crippen LogP contribution in [0.2, 0.25) is 0 Å². The zero-order valence-electron chi connectivity index (χ0n) is 9.68. The molecule has 0 unspecified atom stereocenters. The van der Waals surface area contributed by atoms with Crippen LogP contribution in [-0.2, 0) is 16.1 Å². The monoisotopic (exact) mass is 253 g/mol. The van der Waals surface area contributed by atoms with Gasteiger partial charge in [0.25, 0.3) is 5.56 Å². The van der Waals surface area contributed by atoms with Crippen molar-refractivity contribution in [2.75, 3.05) is 13.2 Å². The summed E-state index contributed by atoms with van der Waals surface area (Å²) in [5.74, 6) is -0.461. The Hall–Kier alpha value is -2.51. The van der Waals surface area contributed by atoms with E-state index in [1.165, 1.54) is 6.20 Å². The van der Waals surface area contributed by atoms with E-state index in [9.17, 15) is 9.59 Å². The molecule has 1 aromatic rings. The van der Waals surface area contributed by atoms with Crippen molar-refractivity contribution in [1.82, 2.24) is 10.3 Å². The average molecular weight is 253 g/mol. The highest BCUT2D eigenvalue weighted by atomic mass is 16.6. The van der Waals surface area contributed by atoms with Gasteiger partial charge >= 0.3 is 0 Å². The minimum atomic E-state index is -0.278. The summed E-state index contributed by atoms with van der Waals surface area (Å²) in [5.41, 5.74) is 10.2. The van der Waals surface area contributed by atoms with E-state index < -0.39 is 0 Å². The number of carbonyl (C=O) groups is 1. The van der Waals surface area contributed by atoms with Crippen LogP contribution in [0.15, 0.2) is 28.3 Å². The summed E-state index contributed by atoms with van der Waals surface area (Å²) < 4.78 is 0. The lowest BCUT2D eigenvalue weighted by molar-refractivity contribution is -0.120. The van der Waals surface area contributed by atoms with Gasteiger partial charge in [-0.1, -0.05) is 6.07 Å². The fraction of sp³-hybridized carbons (Fsp3) is 0.300. The Labute approximate surface area is 103 Å². The standard InChI is InChI=1S/C10H15N5O3/c11-10(12)15-18-5-4-13-8(16)6-7-2-1-3-14-9(7)17/h1-3H,4-6H2,(H,13,16)(H,14,17)(H4,11,12,15). The van der Waals surface area contributed by atoms with E-state index in [1.54, 1.807) is 12.1 Å². The van der Waals surface area contributed by atoms with E-state index in [0.29, 0.717) is 5.56 Å². The molecule has 8 nitrogen and oxygen atoms in total. The molecule has 0 spiro atoms. The van der Waals surface area contributed by atoms with Crippen LogP contribution in [0.1, 0.15) is 5.56 Å². The lowest BCUT2D eigenvalue weighted by Crippen LogP contribution is -2.30. The van der Waals surface area contributed by atoms with E-state index in [4.69, 9.17) is 11.5 Å². The van der Waals surface area contributed by atoms with Crippen LogP contribution in [-0.4, -0.2) is 30.0 Å². The number of nitrogens with two attached hydrogens (primary N) is 2. The Bertz CT molecular complexity index is 478. The molecule has 1 aromatic heterocycles. The first-order chi connectivity index (χ1) is 8.59. The van der Waals surface area contributed by atoms with Crippen LogP contribution < -0.4 is 22.3 Å². The summed E-state index contributed by atoms with van der Waals surface area (Å²) in [7, 11) is 0. The van der Waals surface area contributed by atoms with Gasteiger partial charge in [-0.25, -0.2) is 0 Å². The normalized spacial score (nSPS) is 9.56. The number of guanidine groups is 1. The van der Waals surface area contributed by atoms with Gasteiger partial charge in [-0.2, -0.15) is 0 Å². The molecule has 98 valence electrons. The topological polar surface area (TPSA) is 136 Å². The van der Waals surface area contributed by atoms with Crippen LogP contribution in [0.3, 0.4) is 0 Å². The second kappa shape index (κ2) is 6.94. The van der Waals surface area contributed by atoms with Crippen molar-refractivity contribution in [3.05, 3.63) is 34.2 Å². The van der Waals surface area contributed by atoms with Gasteiger partial charge in [-0.05, 0) is 11.2 Å². The Kier molecular flexibility index (Phi) is 5.23. The molecular formula is C10H15N5O3. The van der Waals surface area contributed by atoms with Crippen LogP contribution in [0.4, 0.5) is 0 Å². The molecule has 8 heteroatoms. The Morgan fingerprint density at radius 2 is 2.28 bits per heavy atom. The summed E-state index contributed by atoms with van der Waals surface area (Å²) in [5, 5.41) is 5.85. The highest BCUT2D eigenvalue weighted by molar-refractivity contribution is 5.78. The molecule has 0 aromatic carbocycles. The van der Waals surface area contributed by atoms with Crippen molar-refractivity contribution >= 4 is 11.9 Å². The number of pyridine rings is 1. The first-order valence-corrected chi connectivity index (χ1v) is 5.24. The van der Waals surface area contributed by atoms with Crippen molar-refractivity contribution < 1.29 is 9.63 Å². The number of aromatic nitrogens is 1. The molecule has 6 N–H and O–H groups in total. The molecule has 0 radical (unpaired) electrons. The molecule has 0 aliphatic carbocycles. The van der Waals surface area contributed by atoms with E-state index in [-0.39, 0.29) is 37.0 Å². The largest absolute Gasteiger partial charge is 0.391 e. The first-order valence-electron chi connectivity index (χ1n) is 5.24. The predicted octanol–water partition coefficient (Wildman–Crippen LogP) is -1.76.